The maximum absolute atomic E-state index is 14.8. The molecule has 7 atom stereocenters. The first-order valence-electron chi connectivity index (χ1n) is 14.9. The fraction of sp³-hybridized carbons (Fsp3) is 0.697. The number of carbonyl (C=O) groups excluding carboxylic acids is 2. The van der Waals surface area contributed by atoms with Crippen LogP contribution in [0.15, 0.2) is 42.0 Å². The molecule has 5 aliphatic carbocycles. The van der Waals surface area contributed by atoms with Gasteiger partial charge in [-0.15, -0.1) is 0 Å². The number of thioether (sulfide) groups is 1. The van der Waals surface area contributed by atoms with Gasteiger partial charge in [0.05, 0.1) is 5.41 Å². The van der Waals surface area contributed by atoms with Crippen LogP contribution in [0.5, 0.6) is 0 Å². The fourth-order valence-electron chi connectivity index (χ4n) is 9.94. The van der Waals surface area contributed by atoms with Gasteiger partial charge in [0.15, 0.2) is 0 Å². The summed E-state index contributed by atoms with van der Waals surface area (Å²) < 4.78 is 6.32. The minimum Gasteiger partial charge on any atom is -0.460 e. The molecule has 37 heavy (non-hydrogen) atoms. The smallest absolute Gasteiger partial charge is 0.318 e. The van der Waals surface area contributed by atoms with Crippen LogP contribution in [0.4, 0.5) is 0 Å². The number of hydrogen-bond acceptors (Lipinski definition) is 4. The molecule has 1 aromatic rings. The number of esters is 1. The zero-order chi connectivity index (χ0) is 25.8. The maximum atomic E-state index is 14.8. The Balaban J connectivity index is 1.45. The van der Waals surface area contributed by atoms with Crippen molar-refractivity contribution in [1.29, 1.82) is 0 Å². The average molecular weight is 521 g/mol. The van der Waals surface area contributed by atoms with Gasteiger partial charge in [-0.25, -0.2) is 0 Å². The van der Waals surface area contributed by atoms with Gasteiger partial charge in [-0.2, -0.15) is 11.8 Å². The molecular weight excluding hydrogens is 476 g/mol. The van der Waals surface area contributed by atoms with Gasteiger partial charge >= 0.3 is 5.97 Å². The van der Waals surface area contributed by atoms with Gasteiger partial charge in [-0.05, 0) is 67.3 Å². The number of allylic oxidation sites excluding steroid dienone is 1. The van der Waals surface area contributed by atoms with E-state index in [1.807, 2.05) is 30.3 Å². The molecule has 0 amide bonds. The van der Waals surface area contributed by atoms with Crippen molar-refractivity contribution in [2.45, 2.75) is 90.4 Å². The van der Waals surface area contributed by atoms with E-state index in [0.29, 0.717) is 28.9 Å². The van der Waals surface area contributed by atoms with Gasteiger partial charge in [0.25, 0.3) is 0 Å². The minimum atomic E-state index is -0.817. The lowest BCUT2D eigenvalue weighted by Gasteiger charge is -2.59. The van der Waals surface area contributed by atoms with Crippen LogP contribution in [0, 0.1) is 45.8 Å². The van der Waals surface area contributed by atoms with Crippen LogP contribution in [0.3, 0.4) is 0 Å². The van der Waals surface area contributed by atoms with Crippen molar-refractivity contribution < 1.29 is 14.3 Å². The molecule has 0 saturated heterocycles. The van der Waals surface area contributed by atoms with Gasteiger partial charge in [-0.3, -0.25) is 4.79 Å². The average Bonchev–Trinajstić information content (AvgIpc) is 3.49. The summed E-state index contributed by atoms with van der Waals surface area (Å²) in [6.45, 7) is 7.13. The molecule has 0 N–H and O–H groups in total. The van der Waals surface area contributed by atoms with E-state index in [1.54, 1.807) is 0 Å². The standard InChI is InChI=1S/C33H44O3S/c1-22(2)29-16-25-17-31(20-34)28-15-14-23(3)27(28)18-32(25,21-37-26-12-8-5-9-13-26)33(29,31)30(35)36-19-24-10-6-4-7-11-24/h4,6-7,10-11,16,20,22-23,25-28H,5,8-9,12-15,17-19,21H2,1-3H3/t23-,25+,27-,28-,31+,32+,33+/m1/s1. The monoisotopic (exact) mass is 520 g/mol. The fourth-order valence-corrected chi connectivity index (χ4v) is 11.7. The van der Waals surface area contributed by atoms with Gasteiger partial charge in [-0.1, -0.05) is 88.4 Å². The molecule has 200 valence electrons. The quantitative estimate of drug-likeness (QED) is 0.201. The van der Waals surface area contributed by atoms with E-state index in [1.165, 1.54) is 50.4 Å². The van der Waals surface area contributed by atoms with Crippen molar-refractivity contribution in [2.75, 3.05) is 5.75 Å². The maximum Gasteiger partial charge on any atom is 0.318 e. The first-order valence-corrected chi connectivity index (χ1v) is 16.0. The number of carbonyl (C=O) groups is 2. The van der Waals surface area contributed by atoms with Crippen LogP contribution in [0.25, 0.3) is 0 Å². The predicted molar refractivity (Wildman–Crippen MR) is 150 cm³/mol. The van der Waals surface area contributed by atoms with E-state index in [2.05, 4.69) is 38.6 Å². The Labute approximate surface area is 227 Å². The molecule has 0 aromatic heterocycles. The van der Waals surface area contributed by atoms with Crippen LogP contribution in [-0.2, 0) is 20.9 Å². The highest BCUT2D eigenvalue weighted by atomic mass is 32.2. The second-order valence-electron chi connectivity index (χ2n) is 13.3. The predicted octanol–water partition coefficient (Wildman–Crippen LogP) is 7.64. The van der Waals surface area contributed by atoms with Crippen LogP contribution in [0.1, 0.15) is 84.1 Å². The molecule has 0 heterocycles. The largest absolute Gasteiger partial charge is 0.460 e. The molecule has 4 saturated carbocycles. The molecule has 1 aromatic carbocycles. The summed E-state index contributed by atoms with van der Waals surface area (Å²) in [5, 5.41) is 0.687. The molecule has 0 radical (unpaired) electrons. The second kappa shape index (κ2) is 9.57. The molecule has 4 heteroatoms. The topological polar surface area (TPSA) is 43.4 Å². The van der Waals surface area contributed by atoms with Gasteiger partial charge in [0.1, 0.15) is 18.3 Å². The van der Waals surface area contributed by atoms with Crippen LogP contribution in [0.2, 0.25) is 0 Å². The number of benzene rings is 1. The lowest BCUT2D eigenvalue weighted by molar-refractivity contribution is -0.184. The van der Waals surface area contributed by atoms with Crippen LogP contribution < -0.4 is 0 Å². The Morgan fingerprint density at radius 2 is 1.84 bits per heavy atom. The lowest BCUT2D eigenvalue weighted by atomic mass is 9.43. The molecular formula is C33H44O3S. The van der Waals surface area contributed by atoms with Crippen molar-refractivity contribution in [1.82, 2.24) is 0 Å². The van der Waals surface area contributed by atoms with Gasteiger partial charge < -0.3 is 9.53 Å². The highest BCUT2D eigenvalue weighted by Crippen LogP contribution is 2.83. The van der Waals surface area contributed by atoms with Crippen LogP contribution in [-0.4, -0.2) is 23.3 Å². The van der Waals surface area contributed by atoms with E-state index in [0.717, 1.165) is 30.6 Å². The molecule has 5 aliphatic rings. The molecule has 6 rings (SSSR count). The van der Waals surface area contributed by atoms with E-state index >= 15 is 0 Å². The number of hydrogen-bond donors (Lipinski definition) is 0. The Morgan fingerprint density at radius 1 is 1.08 bits per heavy atom. The molecule has 4 bridgehead atoms. The zero-order valence-corrected chi connectivity index (χ0v) is 23.7. The summed E-state index contributed by atoms with van der Waals surface area (Å²) in [4.78, 5) is 28.3. The number of fused-ring (bicyclic) bond motifs is 2. The summed E-state index contributed by atoms with van der Waals surface area (Å²) in [5.74, 6) is 2.87. The van der Waals surface area contributed by atoms with Crippen molar-refractivity contribution in [3.05, 3.63) is 47.5 Å². The molecule has 0 spiro atoms. The highest BCUT2D eigenvalue weighted by molar-refractivity contribution is 7.99. The third kappa shape index (κ3) is 3.52. The highest BCUT2D eigenvalue weighted by Gasteiger charge is 2.84. The summed E-state index contributed by atoms with van der Waals surface area (Å²) in [7, 11) is 0. The second-order valence-corrected chi connectivity index (χ2v) is 14.6. The van der Waals surface area contributed by atoms with Crippen LogP contribution >= 0.6 is 11.8 Å². The molecule has 4 fully saturated rings. The molecule has 3 nitrogen and oxygen atoms in total. The minimum absolute atomic E-state index is 0.106. The van der Waals surface area contributed by atoms with E-state index in [-0.39, 0.29) is 23.9 Å². The summed E-state index contributed by atoms with van der Waals surface area (Å²) in [5.41, 5.74) is 0.584. The Bertz CT molecular complexity index is 1060. The Kier molecular flexibility index (Phi) is 6.65. The van der Waals surface area contributed by atoms with E-state index in [9.17, 15) is 9.59 Å². The number of ether oxygens (including phenoxy) is 1. The normalized spacial score (nSPS) is 40.5. The van der Waals surface area contributed by atoms with Crippen molar-refractivity contribution in [3.8, 4) is 0 Å². The van der Waals surface area contributed by atoms with Gasteiger partial charge in [0, 0.05) is 16.4 Å². The zero-order valence-electron chi connectivity index (χ0n) is 22.9. The number of rotatable bonds is 8. The van der Waals surface area contributed by atoms with Crippen molar-refractivity contribution >= 4 is 24.0 Å². The Morgan fingerprint density at radius 3 is 2.54 bits per heavy atom. The third-order valence-electron chi connectivity index (χ3n) is 11.4. The molecule has 0 unspecified atom stereocenters. The van der Waals surface area contributed by atoms with E-state index in [4.69, 9.17) is 4.74 Å². The number of aldehydes is 1. The summed E-state index contributed by atoms with van der Waals surface area (Å²) in [6, 6.07) is 10.0. The molecule has 0 aliphatic heterocycles. The van der Waals surface area contributed by atoms with Crippen molar-refractivity contribution in [3.63, 3.8) is 0 Å². The first-order chi connectivity index (χ1) is 17.9. The van der Waals surface area contributed by atoms with Crippen molar-refractivity contribution in [2.24, 2.45) is 45.8 Å². The lowest BCUT2D eigenvalue weighted by Crippen LogP contribution is -2.63. The Hall–Kier alpha value is -1.55. The summed E-state index contributed by atoms with van der Waals surface area (Å²) >= 11 is 2.13. The first kappa shape index (κ1) is 25.7. The van der Waals surface area contributed by atoms with E-state index < -0.39 is 10.8 Å². The SMILES string of the molecule is CC(C)C1=C[C@H]2C[C@]3(C=O)[C@@H]4CC[C@@H](C)[C@H]4C[C@@]2(CSC2CCCCC2)[C@]13C(=O)OCc1ccccc1. The third-order valence-corrected chi connectivity index (χ3v) is 13.1. The summed E-state index contributed by atoms with van der Waals surface area (Å²) in [6.07, 6.45) is 14.5. The van der Waals surface area contributed by atoms with Gasteiger partial charge in [0.2, 0.25) is 0 Å².